The lowest BCUT2D eigenvalue weighted by Crippen LogP contribution is -2.26. The molecular weight excluding hydrogens is 234 g/mol. The molecule has 0 aromatic carbocycles. The van der Waals surface area contributed by atoms with Crippen LogP contribution in [0.15, 0.2) is 6.20 Å². The Hall–Kier alpha value is -1.85. The lowest BCUT2D eigenvalue weighted by atomic mass is 10.1. The van der Waals surface area contributed by atoms with Gasteiger partial charge in [0.05, 0.1) is 18.0 Å². The van der Waals surface area contributed by atoms with Gasteiger partial charge in [-0.3, -0.25) is 14.7 Å². The van der Waals surface area contributed by atoms with E-state index in [1.54, 1.807) is 20.0 Å². The van der Waals surface area contributed by atoms with E-state index in [1.165, 1.54) is 0 Å². The molecule has 0 radical (unpaired) electrons. The summed E-state index contributed by atoms with van der Waals surface area (Å²) in [4.78, 5) is 22.9. The number of carboxylic acid groups (broad SMARTS) is 1. The summed E-state index contributed by atoms with van der Waals surface area (Å²) in [5, 5.41) is 18.4. The Bertz CT molecular complexity index is 493. The van der Waals surface area contributed by atoms with E-state index in [0.717, 1.165) is 11.3 Å². The van der Waals surface area contributed by atoms with Gasteiger partial charge in [-0.05, 0) is 12.3 Å². The molecule has 1 aliphatic carbocycles. The number of H-pyrrole nitrogens is 1. The number of aromatic amines is 1. The molecule has 0 aliphatic heterocycles. The molecule has 1 aromatic heterocycles. The monoisotopic (exact) mass is 251 g/mol. The van der Waals surface area contributed by atoms with Crippen LogP contribution in [0.1, 0.15) is 25.1 Å². The summed E-state index contributed by atoms with van der Waals surface area (Å²) >= 11 is 0. The van der Waals surface area contributed by atoms with Crippen molar-refractivity contribution in [3.8, 4) is 0 Å². The van der Waals surface area contributed by atoms with Gasteiger partial charge >= 0.3 is 5.97 Å². The van der Waals surface area contributed by atoms with Crippen molar-refractivity contribution in [3.63, 3.8) is 0 Å². The van der Waals surface area contributed by atoms with Gasteiger partial charge in [-0.1, -0.05) is 13.8 Å². The Balaban J connectivity index is 1.94. The molecule has 3 N–H and O–H groups in total. The molecule has 1 amide bonds. The smallest absolute Gasteiger partial charge is 0.307 e. The molecule has 0 bridgehead atoms. The zero-order valence-electron chi connectivity index (χ0n) is 10.7. The summed E-state index contributed by atoms with van der Waals surface area (Å²) in [6, 6.07) is 0. The van der Waals surface area contributed by atoms with E-state index in [9.17, 15) is 9.59 Å². The highest BCUT2D eigenvalue weighted by Crippen LogP contribution is 2.58. The molecule has 1 aliphatic rings. The van der Waals surface area contributed by atoms with E-state index in [4.69, 9.17) is 5.11 Å². The van der Waals surface area contributed by atoms with Crippen LogP contribution >= 0.6 is 0 Å². The van der Waals surface area contributed by atoms with Gasteiger partial charge in [0.1, 0.15) is 0 Å². The van der Waals surface area contributed by atoms with Crippen LogP contribution in [0.4, 0.5) is 0 Å². The van der Waals surface area contributed by atoms with E-state index in [-0.39, 0.29) is 5.91 Å². The number of aryl methyl sites for hydroxylation is 1. The predicted octanol–water partition coefficient (Wildman–Crippen LogP) is 0.691. The minimum atomic E-state index is -0.903. The fourth-order valence-electron chi connectivity index (χ4n) is 2.43. The third-order valence-electron chi connectivity index (χ3n) is 3.76. The maximum atomic E-state index is 11.9. The van der Waals surface area contributed by atoms with Crippen LogP contribution in [-0.2, 0) is 16.1 Å². The molecular formula is C12H17N3O3. The minimum Gasteiger partial charge on any atom is -0.481 e. The summed E-state index contributed by atoms with van der Waals surface area (Å²) in [6.45, 7) is 5.86. The summed E-state index contributed by atoms with van der Waals surface area (Å²) in [5.41, 5.74) is 1.36. The van der Waals surface area contributed by atoms with Crippen molar-refractivity contribution >= 4 is 11.9 Å². The third kappa shape index (κ3) is 1.98. The van der Waals surface area contributed by atoms with E-state index in [1.807, 2.05) is 6.92 Å². The van der Waals surface area contributed by atoms with Crippen molar-refractivity contribution in [2.24, 2.45) is 17.3 Å². The maximum Gasteiger partial charge on any atom is 0.307 e. The van der Waals surface area contributed by atoms with Crippen LogP contribution in [-0.4, -0.2) is 27.2 Å². The Labute approximate surface area is 105 Å². The van der Waals surface area contributed by atoms with Gasteiger partial charge in [0, 0.05) is 17.8 Å². The zero-order valence-corrected chi connectivity index (χ0v) is 10.7. The first-order chi connectivity index (χ1) is 8.35. The van der Waals surface area contributed by atoms with E-state index < -0.39 is 23.2 Å². The number of nitrogens with one attached hydrogen (secondary N) is 2. The van der Waals surface area contributed by atoms with Crippen molar-refractivity contribution in [2.45, 2.75) is 27.3 Å². The number of aromatic nitrogens is 2. The lowest BCUT2D eigenvalue weighted by molar-refractivity contribution is -0.140. The zero-order chi connectivity index (χ0) is 13.5. The largest absolute Gasteiger partial charge is 0.481 e. The number of hydrogen-bond donors (Lipinski definition) is 3. The van der Waals surface area contributed by atoms with Crippen molar-refractivity contribution in [1.82, 2.24) is 15.5 Å². The normalized spacial score (nSPS) is 24.6. The standard InChI is InChI=1S/C12H17N3O3/c1-6-7(5-14-15-6)4-13-10(16)8-9(11(17)18)12(8,2)3/h5,8-9H,4H2,1-3H3,(H,13,16)(H,14,15)(H,17,18). The molecule has 1 aromatic rings. The summed E-state index contributed by atoms with van der Waals surface area (Å²) in [6.07, 6.45) is 1.66. The number of hydrogen-bond acceptors (Lipinski definition) is 3. The first-order valence-electron chi connectivity index (χ1n) is 5.85. The van der Waals surface area contributed by atoms with Crippen LogP contribution < -0.4 is 5.32 Å². The topological polar surface area (TPSA) is 95.1 Å². The quantitative estimate of drug-likeness (QED) is 0.733. The van der Waals surface area contributed by atoms with Gasteiger partial charge < -0.3 is 10.4 Å². The highest BCUT2D eigenvalue weighted by molar-refractivity contribution is 5.91. The number of rotatable bonds is 4. The molecule has 0 spiro atoms. The second kappa shape index (κ2) is 4.12. The Kier molecular flexibility index (Phi) is 2.88. The highest BCUT2D eigenvalue weighted by Gasteiger charge is 2.65. The average molecular weight is 251 g/mol. The fraction of sp³-hybridized carbons (Fsp3) is 0.583. The Morgan fingerprint density at radius 2 is 2.17 bits per heavy atom. The van der Waals surface area contributed by atoms with Crippen molar-refractivity contribution in [1.29, 1.82) is 0 Å². The van der Waals surface area contributed by atoms with Crippen LogP contribution in [0.3, 0.4) is 0 Å². The second-order valence-electron chi connectivity index (χ2n) is 5.35. The SMILES string of the molecule is Cc1[nH]ncc1CNC(=O)C1C(C(=O)O)C1(C)C. The molecule has 2 rings (SSSR count). The van der Waals surface area contributed by atoms with Gasteiger partial charge in [0.15, 0.2) is 0 Å². The van der Waals surface area contributed by atoms with Crippen molar-refractivity contribution < 1.29 is 14.7 Å². The average Bonchev–Trinajstić information content (AvgIpc) is 2.62. The third-order valence-corrected chi connectivity index (χ3v) is 3.76. The van der Waals surface area contributed by atoms with Gasteiger partial charge in [0.25, 0.3) is 0 Å². The van der Waals surface area contributed by atoms with Gasteiger partial charge in [-0.25, -0.2) is 0 Å². The number of carbonyl (C=O) groups excluding carboxylic acids is 1. The first kappa shape index (κ1) is 12.6. The van der Waals surface area contributed by atoms with E-state index >= 15 is 0 Å². The number of aliphatic carboxylic acids is 1. The highest BCUT2D eigenvalue weighted by atomic mass is 16.4. The molecule has 6 nitrogen and oxygen atoms in total. The Morgan fingerprint density at radius 3 is 2.61 bits per heavy atom. The summed E-state index contributed by atoms with van der Waals surface area (Å²) < 4.78 is 0. The summed E-state index contributed by atoms with van der Waals surface area (Å²) in [5.74, 6) is -2.13. The predicted molar refractivity (Wildman–Crippen MR) is 63.6 cm³/mol. The molecule has 2 unspecified atom stereocenters. The van der Waals surface area contributed by atoms with Crippen LogP contribution in [0.25, 0.3) is 0 Å². The van der Waals surface area contributed by atoms with Crippen molar-refractivity contribution in [2.75, 3.05) is 0 Å². The molecule has 2 atom stereocenters. The number of carboxylic acids is 1. The molecule has 1 fully saturated rings. The van der Waals surface area contributed by atoms with Crippen molar-refractivity contribution in [3.05, 3.63) is 17.5 Å². The maximum absolute atomic E-state index is 11.9. The lowest BCUT2D eigenvalue weighted by Gasteiger charge is -2.05. The first-order valence-corrected chi connectivity index (χ1v) is 5.85. The van der Waals surface area contributed by atoms with Gasteiger partial charge in [-0.15, -0.1) is 0 Å². The molecule has 98 valence electrons. The fourth-order valence-corrected chi connectivity index (χ4v) is 2.43. The molecule has 6 heteroatoms. The number of amides is 1. The van der Waals surface area contributed by atoms with Gasteiger partial charge in [-0.2, -0.15) is 5.10 Å². The summed E-state index contributed by atoms with van der Waals surface area (Å²) in [7, 11) is 0. The van der Waals surface area contributed by atoms with Gasteiger partial charge in [0.2, 0.25) is 5.91 Å². The van der Waals surface area contributed by atoms with E-state index in [0.29, 0.717) is 6.54 Å². The van der Waals surface area contributed by atoms with Crippen LogP contribution in [0, 0.1) is 24.2 Å². The molecule has 18 heavy (non-hydrogen) atoms. The second-order valence-corrected chi connectivity index (χ2v) is 5.35. The van der Waals surface area contributed by atoms with Crippen LogP contribution in [0.5, 0.6) is 0 Å². The molecule has 1 saturated carbocycles. The number of nitrogens with zero attached hydrogens (tertiary/aromatic N) is 1. The molecule has 1 heterocycles. The van der Waals surface area contributed by atoms with E-state index in [2.05, 4.69) is 15.5 Å². The minimum absolute atomic E-state index is 0.201. The molecule has 0 saturated heterocycles. The van der Waals surface area contributed by atoms with Crippen LogP contribution in [0.2, 0.25) is 0 Å². The number of carbonyl (C=O) groups is 2. The Morgan fingerprint density at radius 1 is 1.50 bits per heavy atom.